The number of aromatic hydroxyl groups is 2. The average molecular weight is 571 g/mol. The van der Waals surface area contributed by atoms with E-state index in [9.17, 15) is 24.9 Å². The van der Waals surface area contributed by atoms with Gasteiger partial charge < -0.3 is 24.6 Å². The summed E-state index contributed by atoms with van der Waals surface area (Å²) in [6.45, 7) is 0.409. The van der Waals surface area contributed by atoms with Crippen molar-refractivity contribution in [3.8, 4) is 22.9 Å². The van der Waals surface area contributed by atoms with E-state index in [1.54, 1.807) is 35.4 Å². The molecule has 6 aromatic rings. The summed E-state index contributed by atoms with van der Waals surface area (Å²) in [5.41, 5.74) is 3.01. The number of para-hydroxylation sites is 2. The van der Waals surface area contributed by atoms with Gasteiger partial charge in [-0.15, -0.1) is 0 Å². The first-order chi connectivity index (χ1) is 20.9. The maximum absolute atomic E-state index is 14.4. The molecule has 0 aliphatic rings. The molecule has 5 aromatic carbocycles. The maximum Gasteiger partial charge on any atom is 0.337 e. The molecule has 0 saturated heterocycles. The monoisotopic (exact) mass is 570 g/mol. The Labute approximate surface area is 246 Å². The van der Waals surface area contributed by atoms with Gasteiger partial charge in [0.25, 0.3) is 5.91 Å². The number of phenols is 2. The van der Waals surface area contributed by atoms with Crippen LogP contribution in [0.1, 0.15) is 26.3 Å². The van der Waals surface area contributed by atoms with Crippen LogP contribution >= 0.6 is 0 Å². The molecule has 212 valence electrons. The van der Waals surface area contributed by atoms with E-state index in [0.717, 1.165) is 11.6 Å². The Kier molecular flexibility index (Phi) is 7.24. The predicted octanol–water partition coefficient (Wildman–Crippen LogP) is 7.30. The van der Waals surface area contributed by atoms with Crippen molar-refractivity contribution in [3.63, 3.8) is 0 Å². The zero-order valence-electron chi connectivity index (χ0n) is 22.8. The second-order valence-electron chi connectivity index (χ2n) is 9.84. The minimum atomic E-state index is -1.29. The molecule has 0 atom stereocenters. The molecule has 3 N–H and O–H groups in total. The highest BCUT2D eigenvalue weighted by atomic mass is 16.5. The SMILES string of the molecule is O=C(O)c1cc(O)c(O)cc1-n1cc(C(=O)N(c2ccccc2)c2ccc(OCc3ccccc3)cc2)c2ccccc21. The van der Waals surface area contributed by atoms with Crippen LogP contribution in [0.25, 0.3) is 16.6 Å². The molecule has 0 saturated carbocycles. The van der Waals surface area contributed by atoms with Crippen molar-refractivity contribution >= 4 is 34.2 Å². The van der Waals surface area contributed by atoms with Crippen molar-refractivity contribution in [1.29, 1.82) is 0 Å². The normalized spacial score (nSPS) is 10.9. The van der Waals surface area contributed by atoms with Gasteiger partial charge in [0.1, 0.15) is 12.4 Å². The van der Waals surface area contributed by atoms with Crippen LogP contribution in [0.2, 0.25) is 0 Å². The first kappa shape index (κ1) is 27.2. The van der Waals surface area contributed by atoms with Gasteiger partial charge in [-0.3, -0.25) is 9.69 Å². The fourth-order valence-corrected chi connectivity index (χ4v) is 5.00. The number of hydrogen-bond donors (Lipinski definition) is 3. The Morgan fingerprint density at radius 3 is 2.00 bits per heavy atom. The Morgan fingerprint density at radius 1 is 0.698 bits per heavy atom. The number of aromatic nitrogens is 1. The molecule has 8 nitrogen and oxygen atoms in total. The molecule has 0 aliphatic carbocycles. The second-order valence-corrected chi connectivity index (χ2v) is 9.84. The molecule has 0 unspecified atom stereocenters. The molecule has 0 aliphatic heterocycles. The summed E-state index contributed by atoms with van der Waals surface area (Å²) in [6.07, 6.45) is 1.55. The minimum absolute atomic E-state index is 0.101. The lowest BCUT2D eigenvalue weighted by Crippen LogP contribution is -2.25. The molecule has 0 fully saturated rings. The third kappa shape index (κ3) is 5.37. The molecule has 43 heavy (non-hydrogen) atoms. The molecular formula is C35H26N2O6. The van der Waals surface area contributed by atoms with Crippen LogP contribution in [0.15, 0.2) is 128 Å². The van der Waals surface area contributed by atoms with Crippen molar-refractivity contribution < 1.29 is 29.6 Å². The van der Waals surface area contributed by atoms with Gasteiger partial charge in [-0.1, -0.05) is 66.7 Å². The molecule has 1 amide bonds. The van der Waals surface area contributed by atoms with Crippen molar-refractivity contribution in [2.24, 2.45) is 0 Å². The van der Waals surface area contributed by atoms with Crippen LogP contribution in [0, 0.1) is 0 Å². The number of ether oxygens (including phenoxy) is 1. The largest absolute Gasteiger partial charge is 0.504 e. The Hall–Kier alpha value is -6.02. The maximum atomic E-state index is 14.4. The van der Waals surface area contributed by atoms with Crippen molar-refractivity contribution in [2.75, 3.05) is 4.90 Å². The molecule has 0 radical (unpaired) electrons. The molecule has 1 heterocycles. The van der Waals surface area contributed by atoms with Crippen LogP contribution < -0.4 is 9.64 Å². The lowest BCUT2D eigenvalue weighted by Gasteiger charge is -2.23. The second kappa shape index (κ2) is 11.5. The van der Waals surface area contributed by atoms with E-state index in [2.05, 4.69) is 0 Å². The van der Waals surface area contributed by atoms with Crippen molar-refractivity contribution in [3.05, 3.63) is 144 Å². The van der Waals surface area contributed by atoms with E-state index in [4.69, 9.17) is 4.74 Å². The third-order valence-electron chi connectivity index (χ3n) is 7.09. The van der Waals surface area contributed by atoms with Crippen molar-refractivity contribution in [2.45, 2.75) is 6.61 Å². The van der Waals surface area contributed by atoms with E-state index in [0.29, 0.717) is 40.2 Å². The molecule has 0 bridgehead atoms. The highest BCUT2D eigenvalue weighted by Gasteiger charge is 2.26. The number of hydrogen-bond acceptors (Lipinski definition) is 5. The van der Waals surface area contributed by atoms with Gasteiger partial charge in [0.2, 0.25) is 0 Å². The van der Waals surface area contributed by atoms with Gasteiger partial charge in [-0.25, -0.2) is 4.79 Å². The fourth-order valence-electron chi connectivity index (χ4n) is 5.00. The molecule has 6 rings (SSSR count). The topological polar surface area (TPSA) is 112 Å². The summed E-state index contributed by atoms with van der Waals surface area (Å²) in [5, 5.41) is 30.6. The first-order valence-corrected chi connectivity index (χ1v) is 13.5. The molecular weight excluding hydrogens is 544 g/mol. The zero-order chi connectivity index (χ0) is 29.9. The smallest absolute Gasteiger partial charge is 0.337 e. The number of carboxylic acids is 1. The lowest BCUT2D eigenvalue weighted by molar-refractivity contribution is 0.0696. The number of aromatic carboxylic acids is 1. The number of carbonyl (C=O) groups is 2. The Balaban J connectivity index is 1.42. The quantitative estimate of drug-likeness (QED) is 0.166. The van der Waals surface area contributed by atoms with Gasteiger partial charge in [0.15, 0.2) is 11.5 Å². The molecule has 8 heteroatoms. The number of anilines is 2. The van der Waals surface area contributed by atoms with E-state index >= 15 is 0 Å². The van der Waals surface area contributed by atoms with Gasteiger partial charge >= 0.3 is 5.97 Å². The molecule has 0 spiro atoms. The minimum Gasteiger partial charge on any atom is -0.504 e. The number of rotatable bonds is 8. The predicted molar refractivity (Wildman–Crippen MR) is 164 cm³/mol. The zero-order valence-corrected chi connectivity index (χ0v) is 22.8. The summed E-state index contributed by atoms with van der Waals surface area (Å²) in [4.78, 5) is 28.1. The number of fused-ring (bicyclic) bond motifs is 1. The summed E-state index contributed by atoms with van der Waals surface area (Å²) in [7, 11) is 0. The number of carboxylic acid groups (broad SMARTS) is 1. The molecule has 1 aromatic heterocycles. The van der Waals surface area contributed by atoms with Gasteiger partial charge in [0, 0.05) is 35.1 Å². The average Bonchev–Trinajstić information content (AvgIpc) is 3.42. The Bertz CT molecular complexity index is 1930. The highest BCUT2D eigenvalue weighted by molar-refractivity contribution is 6.17. The number of phenolic OH excluding ortho intramolecular Hbond substituents is 2. The van der Waals surface area contributed by atoms with Crippen molar-refractivity contribution in [1.82, 2.24) is 4.57 Å². The van der Waals surface area contributed by atoms with Crippen LogP contribution in [0.3, 0.4) is 0 Å². The van der Waals surface area contributed by atoms with E-state index in [1.807, 2.05) is 84.9 Å². The van der Waals surface area contributed by atoms with Gasteiger partial charge in [0.05, 0.1) is 22.3 Å². The lowest BCUT2D eigenvalue weighted by atomic mass is 10.1. The van der Waals surface area contributed by atoms with Crippen LogP contribution in [-0.2, 0) is 6.61 Å². The fraction of sp³-hybridized carbons (Fsp3) is 0.0286. The van der Waals surface area contributed by atoms with Crippen LogP contribution in [0.4, 0.5) is 11.4 Å². The van der Waals surface area contributed by atoms with Crippen LogP contribution in [-0.4, -0.2) is 31.8 Å². The van der Waals surface area contributed by atoms with Gasteiger partial charge in [-0.2, -0.15) is 0 Å². The van der Waals surface area contributed by atoms with E-state index in [1.165, 1.54) is 10.6 Å². The van der Waals surface area contributed by atoms with Crippen LogP contribution in [0.5, 0.6) is 17.2 Å². The number of amides is 1. The van der Waals surface area contributed by atoms with E-state index < -0.39 is 17.5 Å². The van der Waals surface area contributed by atoms with E-state index in [-0.39, 0.29) is 17.2 Å². The summed E-state index contributed by atoms with van der Waals surface area (Å²) < 4.78 is 7.48. The van der Waals surface area contributed by atoms with Gasteiger partial charge in [-0.05, 0) is 48.0 Å². The first-order valence-electron chi connectivity index (χ1n) is 13.5. The summed E-state index contributed by atoms with van der Waals surface area (Å²) in [6, 6.07) is 35.5. The Morgan fingerprint density at radius 2 is 1.30 bits per heavy atom. The highest BCUT2D eigenvalue weighted by Crippen LogP contribution is 2.36. The number of carbonyl (C=O) groups excluding carboxylic acids is 1. The third-order valence-corrected chi connectivity index (χ3v) is 7.09. The summed E-state index contributed by atoms with van der Waals surface area (Å²) in [5.74, 6) is -2.03. The standard InChI is InChI=1S/C35H26N2O6/c38-32-19-28(35(41)42)31(20-33(32)39)36-21-29(27-13-7-8-14-30(27)36)34(40)37(24-11-5-2-6-12-24)25-15-17-26(18-16-25)43-22-23-9-3-1-4-10-23/h1-21,38-39H,22H2,(H,41,42). The number of nitrogens with zero attached hydrogens (tertiary/aromatic N) is 2. The summed E-state index contributed by atoms with van der Waals surface area (Å²) >= 11 is 0. The number of benzene rings is 5.